The topological polar surface area (TPSA) is 0 Å². The van der Waals surface area contributed by atoms with Crippen molar-refractivity contribution in [3.8, 4) is 59.6 Å². The zero-order valence-corrected chi connectivity index (χ0v) is 5.65. The summed E-state index contributed by atoms with van der Waals surface area (Å²) in [5.41, 5.74) is 0. The normalized spacial score (nSPS) is 3.55. The highest BCUT2D eigenvalue weighted by Crippen LogP contribution is 1.53. The van der Waals surface area contributed by atoms with Crippen LogP contribution in [0.1, 0.15) is 0 Å². The highest BCUT2D eigenvalue weighted by molar-refractivity contribution is 6.22. The summed E-state index contributed by atoms with van der Waals surface area (Å²) in [6.45, 7) is 0. The van der Waals surface area contributed by atoms with Crippen LogP contribution in [0.15, 0.2) is 0 Å². The molecule has 0 bridgehead atoms. The zero-order valence-electron chi connectivity index (χ0n) is 5.65. The van der Waals surface area contributed by atoms with E-state index in [9.17, 15) is 0 Å². The molecule has 0 nitrogen and oxygen atoms in total. The van der Waals surface area contributed by atoms with Crippen molar-refractivity contribution in [3.63, 3.8) is 0 Å². The Balaban J connectivity index is 4.04. The monoisotopic (exact) mass is 132 g/mol. The molecular weight excluding hydrogens is 131 g/mol. The number of hydrogen-bond acceptors (Lipinski definition) is 0. The number of hydrogen-bond donors (Lipinski definition) is 0. The molecular formula is C10HB. The van der Waals surface area contributed by atoms with Gasteiger partial charge in [0, 0.05) is 0 Å². The average molecular weight is 132 g/mol. The van der Waals surface area contributed by atoms with Crippen molar-refractivity contribution in [2.24, 2.45) is 0 Å². The fourth-order valence-corrected chi connectivity index (χ4v) is 0.228. The highest BCUT2D eigenvalue weighted by atomic mass is 13.5. The number of terminal acetylenes is 1. The minimum absolute atomic E-state index is 2.11. The van der Waals surface area contributed by atoms with Gasteiger partial charge in [0.15, 0.2) is 7.85 Å². The lowest BCUT2D eigenvalue weighted by atomic mass is 10.2. The third kappa shape index (κ3) is 7.86. The van der Waals surface area contributed by atoms with Crippen LogP contribution in [0.4, 0.5) is 0 Å². The molecule has 0 rings (SSSR count). The molecule has 0 aromatic carbocycles. The predicted molar refractivity (Wildman–Crippen MR) is 45.7 cm³/mol. The van der Waals surface area contributed by atoms with Crippen LogP contribution in [0.3, 0.4) is 0 Å². The smallest absolute Gasteiger partial charge is 0.158 e. The van der Waals surface area contributed by atoms with Crippen LogP contribution in [0.5, 0.6) is 0 Å². The van der Waals surface area contributed by atoms with Crippen LogP contribution in [-0.2, 0) is 0 Å². The maximum atomic E-state index is 4.82. The van der Waals surface area contributed by atoms with E-state index in [2.05, 4.69) is 53.2 Å². The lowest BCUT2D eigenvalue weighted by Gasteiger charge is -1.54. The fourth-order valence-electron chi connectivity index (χ4n) is 0.228. The summed E-state index contributed by atoms with van der Waals surface area (Å²) in [7, 11) is 4.82. The van der Waals surface area contributed by atoms with Gasteiger partial charge in [-0.3, -0.25) is 0 Å². The van der Waals surface area contributed by atoms with Gasteiger partial charge in [0.05, 0.1) is 0 Å². The predicted octanol–water partition coefficient (Wildman–Crippen LogP) is -0.241. The summed E-state index contributed by atoms with van der Waals surface area (Å²) in [5.74, 6) is 20.9. The molecule has 0 aliphatic heterocycles. The van der Waals surface area contributed by atoms with E-state index in [1.54, 1.807) is 0 Å². The van der Waals surface area contributed by atoms with Crippen molar-refractivity contribution < 1.29 is 0 Å². The molecule has 0 aliphatic carbocycles. The van der Waals surface area contributed by atoms with Crippen LogP contribution < -0.4 is 0 Å². The minimum Gasteiger partial charge on any atom is -0.158 e. The van der Waals surface area contributed by atoms with Gasteiger partial charge in [0.2, 0.25) is 0 Å². The maximum absolute atomic E-state index is 4.82. The van der Waals surface area contributed by atoms with Crippen molar-refractivity contribution in [1.29, 1.82) is 0 Å². The summed E-state index contributed by atoms with van der Waals surface area (Å²) in [6, 6.07) is 0. The van der Waals surface area contributed by atoms with E-state index in [0.29, 0.717) is 0 Å². The third-order valence-electron chi connectivity index (χ3n) is 0.519. The molecule has 0 saturated heterocycles. The molecule has 0 aromatic rings. The van der Waals surface area contributed by atoms with Crippen molar-refractivity contribution in [2.75, 3.05) is 0 Å². The van der Waals surface area contributed by atoms with Gasteiger partial charge in [0.1, 0.15) is 0 Å². The average Bonchev–Trinajstić information content (AvgIpc) is 2.03. The van der Waals surface area contributed by atoms with E-state index >= 15 is 0 Å². The van der Waals surface area contributed by atoms with Crippen molar-refractivity contribution in [1.82, 2.24) is 0 Å². The van der Waals surface area contributed by atoms with Gasteiger partial charge in [-0.05, 0) is 47.4 Å². The van der Waals surface area contributed by atoms with Gasteiger partial charge in [0.25, 0.3) is 0 Å². The summed E-state index contributed by atoms with van der Waals surface area (Å²) in [4.78, 5) is 0. The van der Waals surface area contributed by atoms with Crippen LogP contribution in [-0.4, -0.2) is 7.85 Å². The van der Waals surface area contributed by atoms with Crippen molar-refractivity contribution in [3.05, 3.63) is 0 Å². The maximum Gasteiger partial charge on any atom is 0.189 e. The third-order valence-corrected chi connectivity index (χ3v) is 0.519. The molecule has 0 unspecified atom stereocenters. The molecule has 0 amide bonds. The Kier molecular flexibility index (Phi) is 6.34. The molecule has 0 fully saturated rings. The first-order valence-corrected chi connectivity index (χ1v) is 2.58. The standard InChI is InChI=1S/C10HB/c1-2-3-4-5-6-7-8-9-10-11/h1H. The molecule has 11 heavy (non-hydrogen) atoms. The first-order chi connectivity index (χ1) is 5.41. The molecule has 0 aliphatic rings. The summed E-state index contributed by atoms with van der Waals surface area (Å²) in [6.07, 6.45) is 4.82. The first kappa shape index (κ1) is 8.86. The van der Waals surface area contributed by atoms with Gasteiger partial charge in [-0.25, -0.2) is 0 Å². The fraction of sp³-hybridized carbons (Fsp3) is 0. The molecule has 2 radical (unpaired) electrons. The molecule has 0 aromatic heterocycles. The summed E-state index contributed by atoms with van der Waals surface area (Å²) < 4.78 is 0. The Morgan fingerprint density at radius 2 is 1.18 bits per heavy atom. The van der Waals surface area contributed by atoms with E-state index in [-0.39, 0.29) is 0 Å². The van der Waals surface area contributed by atoms with Crippen molar-refractivity contribution >= 4 is 7.85 Å². The van der Waals surface area contributed by atoms with E-state index in [4.69, 9.17) is 14.3 Å². The Bertz CT molecular complexity index is 391. The lowest BCUT2D eigenvalue weighted by molar-refractivity contribution is 2.37. The molecule has 44 valence electrons. The minimum atomic E-state index is 2.11. The molecule has 0 heterocycles. The van der Waals surface area contributed by atoms with Gasteiger partial charge in [-0.1, -0.05) is 0 Å². The quantitative estimate of drug-likeness (QED) is 0.315. The van der Waals surface area contributed by atoms with E-state index in [0.717, 1.165) is 0 Å². The van der Waals surface area contributed by atoms with Gasteiger partial charge < -0.3 is 0 Å². The van der Waals surface area contributed by atoms with E-state index < -0.39 is 0 Å². The van der Waals surface area contributed by atoms with E-state index in [1.165, 1.54) is 0 Å². The molecule has 1 heteroatoms. The molecule has 0 saturated carbocycles. The second-order valence-corrected chi connectivity index (χ2v) is 1.16. The van der Waals surface area contributed by atoms with Gasteiger partial charge >= 0.3 is 0 Å². The Morgan fingerprint density at radius 3 is 1.64 bits per heavy atom. The highest BCUT2D eigenvalue weighted by Gasteiger charge is 1.53. The van der Waals surface area contributed by atoms with Crippen LogP contribution >= 0.6 is 0 Å². The molecule has 0 atom stereocenters. The van der Waals surface area contributed by atoms with E-state index in [1.807, 2.05) is 0 Å². The SMILES string of the molecule is [B]C#CC#CC#CC#CC#C. The summed E-state index contributed by atoms with van der Waals surface area (Å²) >= 11 is 0. The lowest BCUT2D eigenvalue weighted by Crippen LogP contribution is -1.54. The Morgan fingerprint density at radius 1 is 0.727 bits per heavy atom. The Labute approximate surface area is 68.2 Å². The molecule has 0 N–H and O–H groups in total. The van der Waals surface area contributed by atoms with Crippen LogP contribution in [0, 0.1) is 59.6 Å². The Hall–Kier alpha value is -2.14. The zero-order chi connectivity index (χ0) is 8.36. The van der Waals surface area contributed by atoms with Gasteiger partial charge in [-0.2, -0.15) is 5.82 Å². The van der Waals surface area contributed by atoms with Crippen LogP contribution in [0.2, 0.25) is 0 Å². The molecule has 0 spiro atoms. The van der Waals surface area contributed by atoms with Gasteiger partial charge in [-0.15, -0.1) is 6.42 Å². The largest absolute Gasteiger partial charge is 0.189 e. The second kappa shape index (κ2) is 7.86. The van der Waals surface area contributed by atoms with Crippen LogP contribution in [0.25, 0.3) is 0 Å². The summed E-state index contributed by atoms with van der Waals surface area (Å²) in [5, 5.41) is 0. The first-order valence-electron chi connectivity index (χ1n) is 2.58. The van der Waals surface area contributed by atoms with Crippen molar-refractivity contribution in [2.45, 2.75) is 0 Å². The number of rotatable bonds is 0. The second-order valence-electron chi connectivity index (χ2n) is 1.16.